The van der Waals surface area contributed by atoms with E-state index in [0.717, 1.165) is 35.4 Å². The van der Waals surface area contributed by atoms with Crippen LogP contribution in [0.5, 0.6) is 17.2 Å². The molecule has 0 spiro atoms. The molecule has 6 nitrogen and oxygen atoms in total. The Morgan fingerprint density at radius 3 is 2.55 bits per heavy atom. The van der Waals surface area contributed by atoms with E-state index in [1.54, 1.807) is 20.3 Å². The van der Waals surface area contributed by atoms with Crippen molar-refractivity contribution in [1.29, 1.82) is 5.26 Å². The highest BCUT2D eigenvalue weighted by Crippen LogP contribution is 2.27. The maximum atomic E-state index is 10.1. The minimum Gasteiger partial charge on any atom is -0.493 e. The standard InChI is InChI=1S/C23H28N2O4/c1-17-13-18(5-4-11-24)6-8-21(17)29-16-20(26)15-25-12-10-19-7-9-22(27-2)23(14-19)28-3/h4-9,13-14,20,25-26H,10,12,15-16H2,1-3H3/b5-4+. The lowest BCUT2D eigenvalue weighted by molar-refractivity contribution is 0.106. The van der Waals surface area contributed by atoms with Crippen molar-refractivity contribution in [1.82, 2.24) is 5.32 Å². The molecule has 154 valence electrons. The van der Waals surface area contributed by atoms with Gasteiger partial charge in [-0.1, -0.05) is 12.1 Å². The van der Waals surface area contributed by atoms with Crippen LogP contribution in [-0.2, 0) is 6.42 Å². The van der Waals surface area contributed by atoms with E-state index in [2.05, 4.69) is 5.32 Å². The Hall–Kier alpha value is -3.01. The van der Waals surface area contributed by atoms with Crippen molar-refractivity contribution in [2.24, 2.45) is 0 Å². The second kappa shape index (κ2) is 11.7. The van der Waals surface area contributed by atoms with Gasteiger partial charge in [-0.05, 0) is 66.9 Å². The first kappa shape index (κ1) is 22.3. The zero-order valence-corrected chi connectivity index (χ0v) is 17.1. The number of aliphatic hydroxyl groups is 1. The summed E-state index contributed by atoms with van der Waals surface area (Å²) >= 11 is 0. The molecule has 2 aromatic rings. The second-order valence-corrected chi connectivity index (χ2v) is 6.60. The third kappa shape index (κ3) is 7.15. The molecule has 2 rings (SSSR count). The van der Waals surface area contributed by atoms with E-state index in [1.807, 2.05) is 49.4 Å². The summed E-state index contributed by atoms with van der Waals surface area (Å²) in [5, 5.41) is 22.0. The summed E-state index contributed by atoms with van der Waals surface area (Å²) in [4.78, 5) is 0. The molecule has 0 aliphatic heterocycles. The Morgan fingerprint density at radius 1 is 1.10 bits per heavy atom. The van der Waals surface area contributed by atoms with Gasteiger partial charge in [0, 0.05) is 12.6 Å². The van der Waals surface area contributed by atoms with E-state index in [0.29, 0.717) is 18.0 Å². The number of benzene rings is 2. The van der Waals surface area contributed by atoms with Gasteiger partial charge in [0.2, 0.25) is 0 Å². The van der Waals surface area contributed by atoms with E-state index in [9.17, 15) is 5.11 Å². The average Bonchev–Trinajstić information content (AvgIpc) is 2.74. The van der Waals surface area contributed by atoms with Crippen molar-refractivity contribution in [2.45, 2.75) is 19.4 Å². The van der Waals surface area contributed by atoms with Gasteiger partial charge < -0.3 is 24.6 Å². The number of ether oxygens (including phenoxy) is 3. The van der Waals surface area contributed by atoms with Crippen LogP contribution in [0.1, 0.15) is 16.7 Å². The summed E-state index contributed by atoms with van der Waals surface area (Å²) in [5.41, 5.74) is 3.02. The maximum absolute atomic E-state index is 10.1. The molecular weight excluding hydrogens is 368 g/mol. The molecule has 0 saturated carbocycles. The minimum atomic E-state index is -0.613. The Bertz CT molecular complexity index is 858. The molecule has 0 fully saturated rings. The van der Waals surface area contributed by atoms with Crippen molar-refractivity contribution in [3.63, 3.8) is 0 Å². The van der Waals surface area contributed by atoms with E-state index in [-0.39, 0.29) is 6.61 Å². The summed E-state index contributed by atoms with van der Waals surface area (Å²) in [5.74, 6) is 2.15. The molecule has 6 heteroatoms. The van der Waals surface area contributed by atoms with Crippen molar-refractivity contribution in [3.8, 4) is 23.3 Å². The highest BCUT2D eigenvalue weighted by molar-refractivity contribution is 5.55. The van der Waals surface area contributed by atoms with Crippen LogP contribution in [0.15, 0.2) is 42.5 Å². The van der Waals surface area contributed by atoms with Crippen LogP contribution in [0.2, 0.25) is 0 Å². The van der Waals surface area contributed by atoms with Gasteiger partial charge in [-0.15, -0.1) is 0 Å². The Labute approximate surface area is 172 Å². The summed E-state index contributed by atoms with van der Waals surface area (Å²) < 4.78 is 16.3. The number of nitriles is 1. The van der Waals surface area contributed by atoms with Gasteiger partial charge in [-0.2, -0.15) is 5.26 Å². The van der Waals surface area contributed by atoms with Gasteiger partial charge in [0.1, 0.15) is 18.5 Å². The highest BCUT2D eigenvalue weighted by Gasteiger charge is 2.08. The smallest absolute Gasteiger partial charge is 0.160 e. The zero-order chi connectivity index (χ0) is 21.1. The fourth-order valence-corrected chi connectivity index (χ4v) is 2.85. The first-order valence-corrected chi connectivity index (χ1v) is 9.46. The van der Waals surface area contributed by atoms with E-state index >= 15 is 0 Å². The van der Waals surface area contributed by atoms with E-state index in [4.69, 9.17) is 19.5 Å². The van der Waals surface area contributed by atoms with Gasteiger partial charge in [0.15, 0.2) is 11.5 Å². The number of methoxy groups -OCH3 is 2. The molecule has 29 heavy (non-hydrogen) atoms. The molecule has 0 aromatic heterocycles. The molecule has 0 radical (unpaired) electrons. The molecule has 0 aliphatic rings. The third-order valence-corrected chi connectivity index (χ3v) is 4.40. The lowest BCUT2D eigenvalue weighted by Crippen LogP contribution is -2.32. The van der Waals surface area contributed by atoms with Crippen LogP contribution in [0.3, 0.4) is 0 Å². The molecule has 0 amide bonds. The van der Waals surface area contributed by atoms with E-state index < -0.39 is 6.10 Å². The molecule has 0 saturated heterocycles. The third-order valence-electron chi connectivity index (χ3n) is 4.40. The largest absolute Gasteiger partial charge is 0.493 e. The first-order chi connectivity index (χ1) is 14.1. The molecule has 0 heterocycles. The van der Waals surface area contributed by atoms with Crippen molar-refractivity contribution in [2.75, 3.05) is 33.9 Å². The van der Waals surface area contributed by atoms with Gasteiger partial charge in [0.05, 0.1) is 20.3 Å². The van der Waals surface area contributed by atoms with Gasteiger partial charge in [-0.3, -0.25) is 0 Å². The summed E-state index contributed by atoms with van der Waals surface area (Å²) in [6, 6.07) is 13.5. The van der Waals surface area contributed by atoms with Crippen LogP contribution in [-0.4, -0.2) is 45.1 Å². The summed E-state index contributed by atoms with van der Waals surface area (Å²) in [7, 11) is 3.23. The normalized spacial score (nSPS) is 11.8. The molecular formula is C23H28N2O4. The Balaban J connectivity index is 1.73. The van der Waals surface area contributed by atoms with Gasteiger partial charge >= 0.3 is 0 Å². The molecule has 1 atom stereocenters. The quantitative estimate of drug-likeness (QED) is 0.449. The van der Waals surface area contributed by atoms with E-state index in [1.165, 1.54) is 6.08 Å². The number of rotatable bonds is 11. The number of allylic oxidation sites excluding steroid dienone is 1. The molecule has 2 aromatic carbocycles. The zero-order valence-electron chi connectivity index (χ0n) is 17.1. The van der Waals surface area contributed by atoms with Crippen LogP contribution >= 0.6 is 0 Å². The molecule has 1 unspecified atom stereocenters. The van der Waals surface area contributed by atoms with Crippen LogP contribution in [0.25, 0.3) is 6.08 Å². The highest BCUT2D eigenvalue weighted by atomic mass is 16.5. The maximum Gasteiger partial charge on any atom is 0.160 e. The van der Waals surface area contributed by atoms with Crippen molar-refractivity contribution < 1.29 is 19.3 Å². The molecule has 0 bridgehead atoms. The predicted molar refractivity (Wildman–Crippen MR) is 113 cm³/mol. The lowest BCUT2D eigenvalue weighted by atomic mass is 10.1. The van der Waals surface area contributed by atoms with Crippen LogP contribution < -0.4 is 19.5 Å². The monoisotopic (exact) mass is 396 g/mol. The van der Waals surface area contributed by atoms with Crippen molar-refractivity contribution >= 4 is 6.08 Å². The first-order valence-electron chi connectivity index (χ1n) is 9.46. The minimum absolute atomic E-state index is 0.206. The van der Waals surface area contributed by atoms with Crippen LogP contribution in [0, 0.1) is 18.3 Å². The van der Waals surface area contributed by atoms with Gasteiger partial charge in [0.25, 0.3) is 0 Å². The summed E-state index contributed by atoms with van der Waals surface area (Å²) in [6.07, 6.45) is 3.38. The number of aliphatic hydroxyl groups excluding tert-OH is 1. The fraction of sp³-hybridized carbons (Fsp3) is 0.348. The Kier molecular flexibility index (Phi) is 9.03. The molecule has 0 aliphatic carbocycles. The van der Waals surface area contributed by atoms with Crippen molar-refractivity contribution in [3.05, 3.63) is 59.2 Å². The van der Waals surface area contributed by atoms with Gasteiger partial charge in [-0.25, -0.2) is 0 Å². The molecule has 2 N–H and O–H groups in total. The predicted octanol–water partition coefficient (Wildman–Crippen LogP) is 3.12. The average molecular weight is 396 g/mol. The van der Waals surface area contributed by atoms with Crippen LogP contribution in [0.4, 0.5) is 0 Å². The summed E-state index contributed by atoms with van der Waals surface area (Å²) in [6.45, 7) is 3.31. The topological polar surface area (TPSA) is 83.7 Å². The number of aryl methyl sites for hydroxylation is 1. The fourth-order valence-electron chi connectivity index (χ4n) is 2.85. The number of hydrogen-bond donors (Lipinski definition) is 2. The Morgan fingerprint density at radius 2 is 1.86 bits per heavy atom. The second-order valence-electron chi connectivity index (χ2n) is 6.60. The lowest BCUT2D eigenvalue weighted by Gasteiger charge is -2.15. The number of nitrogens with one attached hydrogen (secondary N) is 1. The number of nitrogens with zero attached hydrogens (tertiary/aromatic N) is 1. The number of hydrogen-bond acceptors (Lipinski definition) is 6. The SMILES string of the molecule is COc1ccc(CCNCC(O)COc2ccc(/C=C/C#N)cc2C)cc1OC.